The molecular formula is C57H44N2. The minimum absolute atomic E-state index is 1.09. The monoisotopic (exact) mass is 756 g/mol. The molecule has 0 heterocycles. The zero-order valence-electron chi connectivity index (χ0n) is 33.1. The lowest BCUT2D eigenvalue weighted by atomic mass is 9.96. The summed E-state index contributed by atoms with van der Waals surface area (Å²) in [7, 11) is 0. The van der Waals surface area contributed by atoms with Crippen molar-refractivity contribution in [1.82, 2.24) is 0 Å². The molecule has 0 aromatic heterocycles. The zero-order valence-corrected chi connectivity index (χ0v) is 33.1. The Morgan fingerprint density at radius 2 is 0.746 bits per heavy atom. The van der Waals surface area contributed by atoms with Gasteiger partial charge in [-0.3, -0.25) is 0 Å². The molecule has 2 heteroatoms. The number of hydrogen-bond acceptors (Lipinski definition) is 2. The first-order chi connectivity index (χ1) is 29.2. The molecule has 0 fully saturated rings. The van der Waals surface area contributed by atoms with Gasteiger partial charge in [-0.2, -0.15) is 0 Å². The number of aryl methyl sites for hydroxylation is 1. The number of para-hydroxylation sites is 2. The summed E-state index contributed by atoms with van der Waals surface area (Å²) >= 11 is 0. The molecule has 282 valence electrons. The Labute approximate surface area is 347 Å². The van der Waals surface area contributed by atoms with Gasteiger partial charge in [-0.1, -0.05) is 188 Å². The van der Waals surface area contributed by atoms with Crippen molar-refractivity contribution in [3.63, 3.8) is 0 Å². The molecule has 0 bridgehead atoms. The predicted octanol–water partition coefficient (Wildman–Crippen LogP) is 16.1. The number of fused-ring (bicyclic) bond motifs is 1. The average Bonchev–Trinajstić information content (AvgIpc) is 3.30. The zero-order chi connectivity index (χ0) is 39.8. The van der Waals surface area contributed by atoms with Crippen molar-refractivity contribution in [2.75, 3.05) is 9.80 Å². The Kier molecular flexibility index (Phi) is 10.8. The molecule has 0 N–H and O–H groups in total. The van der Waals surface area contributed by atoms with Gasteiger partial charge in [-0.15, -0.1) is 0 Å². The van der Waals surface area contributed by atoms with E-state index in [1.165, 1.54) is 38.6 Å². The average molecular weight is 757 g/mol. The van der Waals surface area contributed by atoms with Crippen LogP contribution in [0, 0.1) is 6.92 Å². The lowest BCUT2D eigenvalue weighted by Crippen LogP contribution is -2.10. The van der Waals surface area contributed by atoms with Crippen LogP contribution in [0.4, 0.5) is 34.1 Å². The maximum Gasteiger partial charge on any atom is 0.0540 e. The first kappa shape index (κ1) is 36.9. The predicted molar refractivity (Wildman–Crippen MR) is 254 cm³/mol. The Morgan fingerprint density at radius 1 is 0.305 bits per heavy atom. The van der Waals surface area contributed by atoms with Crippen LogP contribution in [-0.4, -0.2) is 0 Å². The molecule has 0 spiro atoms. The summed E-state index contributed by atoms with van der Waals surface area (Å²) < 4.78 is 0. The summed E-state index contributed by atoms with van der Waals surface area (Å²) in [5.41, 5.74) is 14.9. The van der Waals surface area contributed by atoms with E-state index in [1.54, 1.807) is 0 Å². The second-order valence-corrected chi connectivity index (χ2v) is 14.7. The summed E-state index contributed by atoms with van der Waals surface area (Å²) in [6, 6.07) is 80.2. The molecule has 2 nitrogen and oxygen atoms in total. The van der Waals surface area contributed by atoms with E-state index in [2.05, 4.69) is 259 Å². The molecule has 9 aromatic carbocycles. The van der Waals surface area contributed by atoms with Crippen molar-refractivity contribution in [1.29, 1.82) is 0 Å². The highest BCUT2D eigenvalue weighted by atomic mass is 15.1. The molecule has 9 rings (SSSR count). The van der Waals surface area contributed by atoms with Crippen molar-refractivity contribution in [2.24, 2.45) is 0 Å². The fourth-order valence-electron chi connectivity index (χ4n) is 7.72. The van der Waals surface area contributed by atoms with Crippen LogP contribution in [0.25, 0.3) is 46.2 Å². The molecule has 0 aliphatic rings. The van der Waals surface area contributed by atoms with E-state index in [0.29, 0.717) is 0 Å². The van der Waals surface area contributed by atoms with Gasteiger partial charge in [-0.25, -0.2) is 0 Å². The van der Waals surface area contributed by atoms with E-state index in [1.807, 2.05) is 6.07 Å². The maximum atomic E-state index is 2.37. The van der Waals surface area contributed by atoms with E-state index < -0.39 is 0 Å². The largest absolute Gasteiger partial charge is 0.310 e. The molecule has 0 unspecified atom stereocenters. The van der Waals surface area contributed by atoms with Crippen molar-refractivity contribution in [3.05, 3.63) is 252 Å². The lowest BCUT2D eigenvalue weighted by molar-refractivity contribution is 1.28. The number of rotatable bonds is 11. The fraction of sp³-hybridized carbons (Fsp3) is 0.0175. The Bertz CT molecular complexity index is 2860. The number of benzene rings is 9. The topological polar surface area (TPSA) is 6.48 Å². The molecule has 0 radical (unpaired) electrons. The summed E-state index contributed by atoms with van der Waals surface area (Å²) in [6.07, 6.45) is 8.72. The van der Waals surface area contributed by atoms with Crippen LogP contribution < -0.4 is 9.80 Å². The quantitative estimate of drug-likeness (QED) is 0.121. The summed E-state index contributed by atoms with van der Waals surface area (Å²) in [5.74, 6) is 0. The summed E-state index contributed by atoms with van der Waals surface area (Å²) in [6.45, 7) is 2.12. The van der Waals surface area contributed by atoms with Crippen LogP contribution in [-0.2, 0) is 0 Å². The maximum absolute atomic E-state index is 2.37. The van der Waals surface area contributed by atoms with Crippen LogP contribution in [0.15, 0.2) is 224 Å². The van der Waals surface area contributed by atoms with Gasteiger partial charge in [-0.05, 0) is 112 Å². The third-order valence-electron chi connectivity index (χ3n) is 10.7. The molecule has 0 aliphatic heterocycles. The number of nitrogens with zero attached hydrogens (tertiary/aromatic N) is 2. The molecule has 0 amide bonds. The molecule has 0 atom stereocenters. The van der Waals surface area contributed by atoms with Crippen molar-refractivity contribution < 1.29 is 0 Å². The molecule has 59 heavy (non-hydrogen) atoms. The summed E-state index contributed by atoms with van der Waals surface area (Å²) in [4.78, 5) is 4.70. The lowest BCUT2D eigenvalue weighted by Gasteiger charge is -2.27. The SMILES string of the molecule is Cc1ccc(C=Cc2cccc(N(c3ccccc3)c3ccc(-c4cccc5c(N(c6ccccc6)c6cccc(C=Cc7ccccc7)c6)cccc45)cc3)c2)cc1. The molecule has 0 saturated carbocycles. The third kappa shape index (κ3) is 8.39. The van der Waals surface area contributed by atoms with Crippen LogP contribution in [0.5, 0.6) is 0 Å². The van der Waals surface area contributed by atoms with E-state index in [-0.39, 0.29) is 0 Å². The number of hydrogen-bond donors (Lipinski definition) is 0. The van der Waals surface area contributed by atoms with E-state index in [9.17, 15) is 0 Å². The van der Waals surface area contributed by atoms with Gasteiger partial charge in [0.15, 0.2) is 0 Å². The highest BCUT2D eigenvalue weighted by molar-refractivity contribution is 6.06. The minimum Gasteiger partial charge on any atom is -0.310 e. The molecular weight excluding hydrogens is 713 g/mol. The Balaban J connectivity index is 1.07. The van der Waals surface area contributed by atoms with Gasteiger partial charge in [0, 0.05) is 33.8 Å². The Hall–Kier alpha value is -7.68. The smallest absolute Gasteiger partial charge is 0.0540 e. The van der Waals surface area contributed by atoms with Gasteiger partial charge < -0.3 is 9.80 Å². The highest BCUT2D eigenvalue weighted by Crippen LogP contribution is 2.42. The van der Waals surface area contributed by atoms with Gasteiger partial charge in [0.25, 0.3) is 0 Å². The van der Waals surface area contributed by atoms with Gasteiger partial charge in [0.2, 0.25) is 0 Å². The van der Waals surface area contributed by atoms with Crippen molar-refractivity contribution in [3.8, 4) is 11.1 Å². The Morgan fingerprint density at radius 3 is 1.37 bits per heavy atom. The molecule has 9 aromatic rings. The van der Waals surface area contributed by atoms with Gasteiger partial charge in [0.1, 0.15) is 0 Å². The number of anilines is 6. The van der Waals surface area contributed by atoms with Gasteiger partial charge in [0.05, 0.1) is 5.69 Å². The van der Waals surface area contributed by atoms with E-state index >= 15 is 0 Å². The van der Waals surface area contributed by atoms with Crippen molar-refractivity contribution in [2.45, 2.75) is 6.92 Å². The van der Waals surface area contributed by atoms with E-state index in [0.717, 1.165) is 45.3 Å². The summed E-state index contributed by atoms with van der Waals surface area (Å²) in [5, 5.41) is 2.39. The van der Waals surface area contributed by atoms with Crippen LogP contribution >= 0.6 is 0 Å². The highest BCUT2D eigenvalue weighted by Gasteiger charge is 2.18. The molecule has 0 aliphatic carbocycles. The first-order valence-electron chi connectivity index (χ1n) is 20.2. The first-order valence-corrected chi connectivity index (χ1v) is 20.2. The van der Waals surface area contributed by atoms with Gasteiger partial charge >= 0.3 is 0 Å². The van der Waals surface area contributed by atoms with Crippen LogP contribution in [0.2, 0.25) is 0 Å². The van der Waals surface area contributed by atoms with Crippen LogP contribution in [0.1, 0.15) is 27.8 Å². The van der Waals surface area contributed by atoms with Crippen molar-refractivity contribution >= 4 is 69.2 Å². The third-order valence-corrected chi connectivity index (χ3v) is 10.7. The normalized spacial score (nSPS) is 11.3. The second-order valence-electron chi connectivity index (χ2n) is 14.7. The standard InChI is InChI=1S/C57H44N2/c1-43-29-31-45(32-30-43)34-36-46-17-11-23-52(41-46)58(49-19-7-3-8-20-49)51-39-37-48(38-40-51)54-25-13-27-56-55(54)26-14-28-57(56)59(50-21-9-4-10-22-50)53-24-12-18-47(42-53)35-33-44-15-5-2-6-16-44/h2-42H,1H3. The molecule has 0 saturated heterocycles. The minimum atomic E-state index is 1.09. The van der Waals surface area contributed by atoms with E-state index in [4.69, 9.17) is 0 Å². The second kappa shape index (κ2) is 17.2. The fourth-order valence-corrected chi connectivity index (χ4v) is 7.72. The van der Waals surface area contributed by atoms with Crippen LogP contribution in [0.3, 0.4) is 0 Å².